The molecular weight excluding hydrogens is 224 g/mol. The maximum absolute atomic E-state index is 5.12. The third-order valence-electron chi connectivity index (χ3n) is 1.41. The Labute approximate surface area is 80.3 Å². The molecule has 11 heavy (non-hydrogen) atoms. The van der Waals surface area contributed by atoms with Crippen molar-refractivity contribution in [2.24, 2.45) is 0 Å². The van der Waals surface area contributed by atoms with Gasteiger partial charge in [-0.25, -0.2) is 0 Å². The molecule has 0 aliphatic heterocycles. The lowest BCUT2D eigenvalue weighted by molar-refractivity contribution is 0.411. The van der Waals surface area contributed by atoms with Crippen LogP contribution in [0.3, 0.4) is 0 Å². The van der Waals surface area contributed by atoms with Crippen LogP contribution in [0.2, 0.25) is 0 Å². The molecule has 1 nitrogen and oxygen atoms in total. The zero-order valence-electron chi connectivity index (χ0n) is 6.17. The molecule has 1 aromatic rings. The molecule has 0 N–H and O–H groups in total. The molecule has 1 rings (SSSR count). The molecule has 0 saturated heterocycles. The fraction of sp³-hybridized carbons (Fsp3) is 0.250. The lowest BCUT2D eigenvalue weighted by Crippen LogP contribution is -1.88. The van der Waals surface area contributed by atoms with Crippen LogP contribution in [0.4, 0.5) is 0 Å². The van der Waals surface area contributed by atoms with Gasteiger partial charge in [-0.05, 0) is 18.2 Å². The Balaban J connectivity index is 3.06. The molecule has 0 spiro atoms. The third-order valence-corrected chi connectivity index (χ3v) is 2.25. The maximum Gasteiger partial charge on any atom is 0.122 e. The third kappa shape index (κ3) is 2.14. The molecular formula is C8H9BrOS. The topological polar surface area (TPSA) is 9.23 Å². The maximum atomic E-state index is 5.12. The van der Waals surface area contributed by atoms with Crippen molar-refractivity contribution in [2.75, 3.05) is 7.11 Å². The second kappa shape index (κ2) is 4.02. The fourth-order valence-corrected chi connectivity index (χ4v) is 1.53. The molecule has 0 bridgehead atoms. The number of hydrogen-bond donors (Lipinski definition) is 1. The van der Waals surface area contributed by atoms with Crippen LogP contribution in [0.5, 0.6) is 5.75 Å². The summed E-state index contributed by atoms with van der Waals surface area (Å²) in [5, 5.41) is 0. The first-order chi connectivity index (χ1) is 5.27. The molecule has 1 aromatic carbocycles. The van der Waals surface area contributed by atoms with Gasteiger partial charge in [0.05, 0.1) is 7.11 Å². The second-order valence-electron chi connectivity index (χ2n) is 2.11. The number of thiol groups is 1. The van der Waals surface area contributed by atoms with Gasteiger partial charge >= 0.3 is 0 Å². The first-order valence-electron chi connectivity index (χ1n) is 3.21. The SMILES string of the molecule is COc1ccc(Br)cc1CS. The Bertz CT molecular complexity index is 250. The largest absolute Gasteiger partial charge is 0.496 e. The number of ether oxygens (including phenoxy) is 1. The van der Waals surface area contributed by atoms with Crippen molar-refractivity contribution < 1.29 is 4.74 Å². The number of rotatable bonds is 2. The van der Waals surface area contributed by atoms with Gasteiger partial charge in [-0.2, -0.15) is 12.6 Å². The quantitative estimate of drug-likeness (QED) is 0.772. The molecule has 60 valence electrons. The Hall–Kier alpha value is -0.150. The monoisotopic (exact) mass is 232 g/mol. The Kier molecular flexibility index (Phi) is 3.27. The number of methoxy groups -OCH3 is 1. The second-order valence-corrected chi connectivity index (χ2v) is 3.35. The zero-order valence-corrected chi connectivity index (χ0v) is 8.65. The molecule has 0 atom stereocenters. The Morgan fingerprint density at radius 2 is 2.27 bits per heavy atom. The highest BCUT2D eigenvalue weighted by atomic mass is 79.9. The van der Waals surface area contributed by atoms with Crippen molar-refractivity contribution in [3.8, 4) is 5.75 Å². The van der Waals surface area contributed by atoms with Crippen LogP contribution in [-0.2, 0) is 5.75 Å². The minimum Gasteiger partial charge on any atom is -0.496 e. The smallest absolute Gasteiger partial charge is 0.122 e. The van der Waals surface area contributed by atoms with E-state index in [0.29, 0.717) is 5.75 Å². The van der Waals surface area contributed by atoms with Crippen LogP contribution >= 0.6 is 28.6 Å². The summed E-state index contributed by atoms with van der Waals surface area (Å²) in [6.07, 6.45) is 0. The summed E-state index contributed by atoms with van der Waals surface area (Å²) in [4.78, 5) is 0. The highest BCUT2D eigenvalue weighted by Crippen LogP contribution is 2.23. The van der Waals surface area contributed by atoms with E-state index in [1.54, 1.807) is 7.11 Å². The fourth-order valence-electron chi connectivity index (χ4n) is 0.871. The van der Waals surface area contributed by atoms with Gasteiger partial charge in [0.25, 0.3) is 0 Å². The standard InChI is InChI=1S/C8H9BrOS/c1-10-8-3-2-7(9)4-6(8)5-11/h2-4,11H,5H2,1H3. The van der Waals surface area contributed by atoms with E-state index in [2.05, 4.69) is 28.6 Å². The van der Waals surface area contributed by atoms with Gasteiger partial charge in [0.15, 0.2) is 0 Å². The van der Waals surface area contributed by atoms with Crippen LogP contribution in [0.1, 0.15) is 5.56 Å². The van der Waals surface area contributed by atoms with Crippen molar-refractivity contribution in [1.82, 2.24) is 0 Å². The van der Waals surface area contributed by atoms with Gasteiger partial charge in [-0.3, -0.25) is 0 Å². The first kappa shape index (κ1) is 8.94. The van der Waals surface area contributed by atoms with Crippen molar-refractivity contribution in [3.05, 3.63) is 28.2 Å². The molecule has 0 aliphatic carbocycles. The molecule has 0 aliphatic rings. The summed E-state index contributed by atoms with van der Waals surface area (Å²) in [5.74, 6) is 1.59. The minimum atomic E-state index is 0.697. The summed E-state index contributed by atoms with van der Waals surface area (Å²) in [5.41, 5.74) is 1.10. The van der Waals surface area contributed by atoms with Crippen molar-refractivity contribution >= 4 is 28.6 Å². The Morgan fingerprint density at radius 1 is 1.55 bits per heavy atom. The molecule has 0 radical (unpaired) electrons. The normalized spacial score (nSPS) is 9.73. The lowest BCUT2D eigenvalue weighted by atomic mass is 10.2. The number of hydrogen-bond acceptors (Lipinski definition) is 2. The summed E-state index contributed by atoms with van der Waals surface area (Å²) >= 11 is 7.56. The summed E-state index contributed by atoms with van der Waals surface area (Å²) in [6, 6.07) is 5.88. The van der Waals surface area contributed by atoms with Gasteiger partial charge in [0, 0.05) is 15.8 Å². The molecule has 0 fully saturated rings. The minimum absolute atomic E-state index is 0.697. The molecule has 0 amide bonds. The van der Waals surface area contributed by atoms with Gasteiger partial charge in [-0.15, -0.1) is 0 Å². The van der Waals surface area contributed by atoms with Crippen LogP contribution in [-0.4, -0.2) is 7.11 Å². The van der Waals surface area contributed by atoms with E-state index in [0.717, 1.165) is 15.8 Å². The van der Waals surface area contributed by atoms with E-state index in [-0.39, 0.29) is 0 Å². The average molecular weight is 233 g/mol. The first-order valence-corrected chi connectivity index (χ1v) is 4.63. The van der Waals surface area contributed by atoms with Crippen molar-refractivity contribution in [3.63, 3.8) is 0 Å². The Morgan fingerprint density at radius 3 is 2.82 bits per heavy atom. The summed E-state index contributed by atoms with van der Waals surface area (Å²) in [7, 11) is 1.66. The van der Waals surface area contributed by atoms with E-state index in [1.807, 2.05) is 18.2 Å². The van der Waals surface area contributed by atoms with Crippen molar-refractivity contribution in [2.45, 2.75) is 5.75 Å². The molecule has 0 aromatic heterocycles. The van der Waals surface area contributed by atoms with E-state index in [4.69, 9.17) is 4.74 Å². The van der Waals surface area contributed by atoms with E-state index >= 15 is 0 Å². The van der Waals surface area contributed by atoms with Crippen molar-refractivity contribution in [1.29, 1.82) is 0 Å². The highest BCUT2D eigenvalue weighted by molar-refractivity contribution is 9.10. The van der Waals surface area contributed by atoms with Gasteiger partial charge in [-0.1, -0.05) is 15.9 Å². The predicted octanol–water partition coefficient (Wildman–Crippen LogP) is 2.89. The predicted molar refractivity (Wildman–Crippen MR) is 53.4 cm³/mol. The zero-order chi connectivity index (χ0) is 8.27. The van der Waals surface area contributed by atoms with Gasteiger partial charge in [0.2, 0.25) is 0 Å². The van der Waals surface area contributed by atoms with E-state index in [1.165, 1.54) is 0 Å². The summed E-state index contributed by atoms with van der Waals surface area (Å²) in [6.45, 7) is 0. The van der Waals surface area contributed by atoms with Crippen LogP contribution in [0.15, 0.2) is 22.7 Å². The van der Waals surface area contributed by atoms with Crippen LogP contribution in [0.25, 0.3) is 0 Å². The molecule has 0 saturated carbocycles. The number of halogens is 1. The summed E-state index contributed by atoms with van der Waals surface area (Å²) < 4.78 is 6.18. The van der Waals surface area contributed by atoms with E-state index in [9.17, 15) is 0 Å². The molecule has 0 heterocycles. The average Bonchev–Trinajstić information content (AvgIpc) is 2.04. The van der Waals surface area contributed by atoms with Crippen LogP contribution < -0.4 is 4.74 Å². The van der Waals surface area contributed by atoms with Gasteiger partial charge < -0.3 is 4.74 Å². The lowest BCUT2D eigenvalue weighted by Gasteiger charge is -2.05. The highest BCUT2D eigenvalue weighted by Gasteiger charge is 1.99. The molecule has 3 heteroatoms. The van der Waals surface area contributed by atoms with Crippen LogP contribution in [0, 0.1) is 0 Å². The number of benzene rings is 1. The van der Waals surface area contributed by atoms with Gasteiger partial charge in [0.1, 0.15) is 5.75 Å². The van der Waals surface area contributed by atoms with E-state index < -0.39 is 0 Å². The molecule has 0 unspecified atom stereocenters.